The van der Waals surface area contributed by atoms with Crippen molar-refractivity contribution < 1.29 is 18.7 Å². The highest BCUT2D eigenvalue weighted by Crippen LogP contribution is 2.27. The van der Waals surface area contributed by atoms with Crippen LogP contribution in [-0.4, -0.2) is 18.4 Å². The van der Waals surface area contributed by atoms with Gasteiger partial charge in [-0.25, -0.2) is 4.39 Å². The van der Waals surface area contributed by atoms with E-state index in [4.69, 9.17) is 4.74 Å². The van der Waals surface area contributed by atoms with E-state index in [1.807, 2.05) is 31.2 Å². The van der Waals surface area contributed by atoms with Gasteiger partial charge < -0.3 is 15.4 Å². The number of nitrogens with zero attached hydrogens (tertiary/aromatic N) is 1. The number of carbonyl (C=O) groups is 2. The van der Waals surface area contributed by atoms with Crippen LogP contribution < -0.4 is 15.4 Å². The Hall–Kier alpha value is -3.96. The average Bonchev–Trinajstić information content (AvgIpc) is 2.78. The number of anilines is 2. The molecule has 0 bridgehead atoms. The van der Waals surface area contributed by atoms with Crippen LogP contribution >= 0.6 is 15.9 Å². The number of nitriles is 1. The molecular formula is C25H19BrFN3O3. The molecular weight excluding hydrogens is 489 g/mol. The van der Waals surface area contributed by atoms with Gasteiger partial charge in [0, 0.05) is 11.4 Å². The molecule has 3 rings (SSSR count). The number of aryl methyl sites for hydroxylation is 1. The quantitative estimate of drug-likeness (QED) is 0.328. The maximum Gasteiger partial charge on any atom is 0.266 e. The lowest BCUT2D eigenvalue weighted by Gasteiger charge is -2.10. The van der Waals surface area contributed by atoms with Gasteiger partial charge >= 0.3 is 0 Å². The molecule has 166 valence electrons. The number of rotatable bonds is 7. The minimum atomic E-state index is -0.617. The molecule has 3 aromatic carbocycles. The van der Waals surface area contributed by atoms with Crippen LogP contribution in [0.5, 0.6) is 5.75 Å². The lowest BCUT2D eigenvalue weighted by atomic mass is 10.1. The van der Waals surface area contributed by atoms with E-state index in [0.717, 1.165) is 5.56 Å². The van der Waals surface area contributed by atoms with Gasteiger partial charge in [0.05, 0.1) is 4.47 Å². The van der Waals surface area contributed by atoms with Crippen LogP contribution in [0.25, 0.3) is 6.08 Å². The normalized spacial score (nSPS) is 10.8. The zero-order valence-electron chi connectivity index (χ0n) is 17.6. The Balaban J connectivity index is 1.63. The molecule has 3 aromatic rings. The zero-order valence-corrected chi connectivity index (χ0v) is 19.1. The second-order valence-corrected chi connectivity index (χ2v) is 7.88. The summed E-state index contributed by atoms with van der Waals surface area (Å²) in [6, 6.07) is 19.5. The number of ether oxygens (including phenoxy) is 1. The van der Waals surface area contributed by atoms with Gasteiger partial charge in [-0.15, -0.1) is 0 Å². The highest BCUT2D eigenvalue weighted by atomic mass is 79.9. The maximum atomic E-state index is 13.0. The van der Waals surface area contributed by atoms with E-state index in [9.17, 15) is 19.2 Å². The van der Waals surface area contributed by atoms with Gasteiger partial charge in [0.25, 0.3) is 11.8 Å². The van der Waals surface area contributed by atoms with Gasteiger partial charge in [-0.3, -0.25) is 9.59 Å². The van der Waals surface area contributed by atoms with Gasteiger partial charge in [-0.1, -0.05) is 18.2 Å². The van der Waals surface area contributed by atoms with Crippen LogP contribution in [0.15, 0.2) is 76.8 Å². The second-order valence-electron chi connectivity index (χ2n) is 7.03. The predicted octanol–water partition coefficient (Wildman–Crippen LogP) is 5.46. The Bertz CT molecular complexity index is 1250. The molecule has 2 N–H and O–H groups in total. The predicted molar refractivity (Wildman–Crippen MR) is 128 cm³/mol. The Morgan fingerprint density at radius 3 is 2.48 bits per heavy atom. The molecule has 0 saturated heterocycles. The van der Waals surface area contributed by atoms with E-state index in [0.29, 0.717) is 27.2 Å². The van der Waals surface area contributed by atoms with Crippen LogP contribution in [0.2, 0.25) is 0 Å². The summed E-state index contributed by atoms with van der Waals surface area (Å²) in [5, 5.41) is 14.7. The van der Waals surface area contributed by atoms with E-state index in [1.165, 1.54) is 30.3 Å². The Labute approximate surface area is 198 Å². The third kappa shape index (κ3) is 7.02. The Morgan fingerprint density at radius 2 is 1.82 bits per heavy atom. The third-order valence-electron chi connectivity index (χ3n) is 4.39. The molecule has 0 aliphatic heterocycles. The first kappa shape index (κ1) is 23.7. The average molecular weight is 508 g/mol. The number of carbonyl (C=O) groups excluding carboxylic acids is 2. The molecule has 0 saturated carbocycles. The maximum absolute atomic E-state index is 13.0. The van der Waals surface area contributed by atoms with E-state index in [-0.39, 0.29) is 18.1 Å². The fourth-order valence-corrected chi connectivity index (χ4v) is 3.34. The van der Waals surface area contributed by atoms with Crippen molar-refractivity contribution in [2.75, 3.05) is 17.2 Å². The minimum Gasteiger partial charge on any atom is -0.483 e. The number of nitrogens with one attached hydrogen (secondary N) is 2. The summed E-state index contributed by atoms with van der Waals surface area (Å²) in [7, 11) is 0. The molecule has 0 fully saturated rings. The summed E-state index contributed by atoms with van der Waals surface area (Å²) in [5.41, 5.74) is 2.53. The number of hydrogen-bond acceptors (Lipinski definition) is 4. The molecule has 0 unspecified atom stereocenters. The zero-order chi connectivity index (χ0) is 23.8. The molecule has 0 aromatic heterocycles. The summed E-state index contributed by atoms with van der Waals surface area (Å²) in [4.78, 5) is 24.5. The molecule has 6 nitrogen and oxygen atoms in total. The van der Waals surface area contributed by atoms with Crippen molar-refractivity contribution >= 4 is 45.2 Å². The summed E-state index contributed by atoms with van der Waals surface area (Å²) >= 11 is 3.38. The van der Waals surface area contributed by atoms with Crippen molar-refractivity contribution in [3.63, 3.8) is 0 Å². The molecule has 0 aliphatic rings. The lowest BCUT2D eigenvalue weighted by Crippen LogP contribution is -2.20. The lowest BCUT2D eigenvalue weighted by molar-refractivity contribution is -0.118. The molecule has 8 heteroatoms. The van der Waals surface area contributed by atoms with Gasteiger partial charge in [0.1, 0.15) is 23.2 Å². The van der Waals surface area contributed by atoms with Crippen LogP contribution in [0.4, 0.5) is 15.8 Å². The van der Waals surface area contributed by atoms with Crippen molar-refractivity contribution in [2.24, 2.45) is 0 Å². The highest BCUT2D eigenvalue weighted by Gasteiger charge is 2.11. The van der Waals surface area contributed by atoms with E-state index < -0.39 is 11.7 Å². The van der Waals surface area contributed by atoms with E-state index >= 15 is 0 Å². The molecule has 0 spiro atoms. The Kier molecular flexibility index (Phi) is 7.95. The fraction of sp³-hybridized carbons (Fsp3) is 0.0800. The van der Waals surface area contributed by atoms with Gasteiger partial charge in [-0.05, 0) is 88.6 Å². The van der Waals surface area contributed by atoms with Gasteiger partial charge in [0.15, 0.2) is 6.61 Å². The summed E-state index contributed by atoms with van der Waals surface area (Å²) in [5.74, 6) is -0.918. The number of benzene rings is 3. The van der Waals surface area contributed by atoms with Crippen molar-refractivity contribution in [3.8, 4) is 11.8 Å². The molecule has 0 aliphatic carbocycles. The van der Waals surface area contributed by atoms with Crippen molar-refractivity contribution in [1.29, 1.82) is 5.26 Å². The summed E-state index contributed by atoms with van der Waals surface area (Å²) in [6.45, 7) is 1.74. The number of halogens is 2. The molecule has 0 atom stereocenters. The van der Waals surface area contributed by atoms with Crippen molar-refractivity contribution in [3.05, 3.63) is 93.7 Å². The Morgan fingerprint density at radius 1 is 1.06 bits per heavy atom. The number of amides is 2. The largest absolute Gasteiger partial charge is 0.483 e. The molecule has 0 heterocycles. The topological polar surface area (TPSA) is 91.2 Å². The summed E-state index contributed by atoms with van der Waals surface area (Å²) in [6.07, 6.45) is 1.41. The standard InChI is InChI=1S/C25H19BrFN3O3/c1-16-3-2-4-21(11-16)29-24(31)15-33-23-10-5-17(13-22(23)26)12-18(14-28)25(32)30-20-8-6-19(27)7-9-20/h2-13H,15H2,1H3,(H,29,31)(H,30,32)/b18-12+. The minimum absolute atomic E-state index is 0.127. The van der Waals surface area contributed by atoms with Crippen LogP contribution in [0, 0.1) is 24.1 Å². The first-order chi connectivity index (χ1) is 15.8. The number of hydrogen-bond donors (Lipinski definition) is 2. The first-order valence-electron chi connectivity index (χ1n) is 9.81. The SMILES string of the molecule is Cc1cccc(NC(=O)COc2ccc(/C=C(\C#N)C(=O)Nc3ccc(F)cc3)cc2Br)c1. The first-order valence-corrected chi connectivity index (χ1v) is 10.6. The smallest absolute Gasteiger partial charge is 0.266 e. The molecule has 0 radical (unpaired) electrons. The fourth-order valence-electron chi connectivity index (χ4n) is 2.83. The molecule has 2 amide bonds. The monoisotopic (exact) mass is 507 g/mol. The van der Waals surface area contributed by atoms with E-state index in [2.05, 4.69) is 26.6 Å². The van der Waals surface area contributed by atoms with Crippen LogP contribution in [0.3, 0.4) is 0 Å². The third-order valence-corrected chi connectivity index (χ3v) is 5.01. The summed E-state index contributed by atoms with van der Waals surface area (Å²) < 4.78 is 19.1. The van der Waals surface area contributed by atoms with Crippen molar-refractivity contribution in [1.82, 2.24) is 0 Å². The van der Waals surface area contributed by atoms with Crippen LogP contribution in [-0.2, 0) is 9.59 Å². The van der Waals surface area contributed by atoms with Crippen molar-refractivity contribution in [2.45, 2.75) is 6.92 Å². The van der Waals surface area contributed by atoms with Gasteiger partial charge in [-0.2, -0.15) is 5.26 Å². The van der Waals surface area contributed by atoms with Gasteiger partial charge in [0.2, 0.25) is 0 Å². The van der Waals surface area contributed by atoms with E-state index in [1.54, 1.807) is 24.3 Å². The second kappa shape index (κ2) is 11.1. The highest BCUT2D eigenvalue weighted by molar-refractivity contribution is 9.10. The molecule has 33 heavy (non-hydrogen) atoms. The van der Waals surface area contributed by atoms with Crippen LogP contribution in [0.1, 0.15) is 11.1 Å².